The Labute approximate surface area is 97.8 Å². The van der Waals surface area contributed by atoms with Gasteiger partial charge in [0.05, 0.1) is 17.8 Å². The molecule has 0 radical (unpaired) electrons. The van der Waals surface area contributed by atoms with E-state index in [1.807, 2.05) is 13.8 Å². The highest BCUT2D eigenvalue weighted by atomic mass is 32.2. The standard InChI is InChI=1S/C9H19NO4S2/c1-8(2)6-10(15(3,11)12)9-4-5-16(13,14)7-9/h8-9H,4-7H2,1-3H3/t9-/m0/s1. The van der Waals surface area contributed by atoms with Gasteiger partial charge in [0, 0.05) is 12.6 Å². The Kier molecular flexibility index (Phi) is 4.02. The summed E-state index contributed by atoms with van der Waals surface area (Å²) in [6.07, 6.45) is 1.56. The molecule has 0 saturated carbocycles. The maximum atomic E-state index is 11.6. The predicted octanol–water partition coefficient (Wildman–Crippen LogP) is 0.0911. The monoisotopic (exact) mass is 269 g/mol. The maximum absolute atomic E-state index is 11.6. The number of hydrogen-bond donors (Lipinski definition) is 0. The Balaban J connectivity index is 2.88. The van der Waals surface area contributed by atoms with Gasteiger partial charge in [-0.3, -0.25) is 0 Å². The van der Waals surface area contributed by atoms with E-state index in [9.17, 15) is 16.8 Å². The molecule has 0 amide bonds. The quantitative estimate of drug-likeness (QED) is 0.725. The molecule has 1 heterocycles. The first kappa shape index (κ1) is 13.9. The van der Waals surface area contributed by atoms with Crippen molar-refractivity contribution < 1.29 is 16.8 Å². The zero-order chi connectivity index (χ0) is 12.6. The SMILES string of the molecule is CC(C)CN([C@H]1CCS(=O)(=O)C1)S(C)(=O)=O. The fourth-order valence-corrected chi connectivity index (χ4v) is 5.03. The second-order valence-electron chi connectivity index (χ2n) is 4.78. The van der Waals surface area contributed by atoms with Crippen molar-refractivity contribution in [2.75, 3.05) is 24.3 Å². The predicted molar refractivity (Wildman–Crippen MR) is 63.4 cm³/mol. The molecule has 0 unspecified atom stereocenters. The highest BCUT2D eigenvalue weighted by molar-refractivity contribution is 7.92. The molecule has 1 rings (SSSR count). The molecule has 1 aliphatic heterocycles. The molecule has 0 aliphatic carbocycles. The lowest BCUT2D eigenvalue weighted by molar-refractivity contribution is 0.310. The summed E-state index contributed by atoms with van der Waals surface area (Å²) in [4.78, 5) is 0. The van der Waals surface area contributed by atoms with E-state index in [0.29, 0.717) is 13.0 Å². The third kappa shape index (κ3) is 3.71. The second-order valence-corrected chi connectivity index (χ2v) is 8.95. The lowest BCUT2D eigenvalue weighted by Crippen LogP contribution is -2.42. The van der Waals surface area contributed by atoms with Crippen molar-refractivity contribution in [2.24, 2.45) is 5.92 Å². The van der Waals surface area contributed by atoms with Crippen LogP contribution in [0.3, 0.4) is 0 Å². The summed E-state index contributed by atoms with van der Waals surface area (Å²) in [5.74, 6) is 0.257. The minimum absolute atomic E-state index is 0.0349. The number of sulfonamides is 1. The van der Waals surface area contributed by atoms with Crippen LogP contribution in [0.4, 0.5) is 0 Å². The summed E-state index contributed by atoms with van der Waals surface area (Å²) in [6, 6.07) is -0.373. The lowest BCUT2D eigenvalue weighted by atomic mass is 10.2. The highest BCUT2D eigenvalue weighted by Gasteiger charge is 2.36. The molecule has 0 aromatic rings. The van der Waals surface area contributed by atoms with Gasteiger partial charge in [0.25, 0.3) is 0 Å². The fourth-order valence-electron chi connectivity index (χ4n) is 1.92. The highest BCUT2D eigenvalue weighted by Crippen LogP contribution is 2.21. The van der Waals surface area contributed by atoms with E-state index in [1.165, 1.54) is 4.31 Å². The molecule has 1 saturated heterocycles. The number of rotatable bonds is 4. The zero-order valence-corrected chi connectivity index (χ0v) is 11.5. The first-order valence-corrected chi connectivity index (χ1v) is 8.96. The molecule has 5 nitrogen and oxygen atoms in total. The van der Waals surface area contributed by atoms with Crippen molar-refractivity contribution in [3.8, 4) is 0 Å². The van der Waals surface area contributed by atoms with Crippen LogP contribution in [0.5, 0.6) is 0 Å². The minimum Gasteiger partial charge on any atom is -0.229 e. The largest absolute Gasteiger partial charge is 0.229 e. The van der Waals surface area contributed by atoms with Crippen molar-refractivity contribution in [3.63, 3.8) is 0 Å². The van der Waals surface area contributed by atoms with Crippen molar-refractivity contribution in [1.82, 2.24) is 4.31 Å². The molecule has 1 atom stereocenters. The van der Waals surface area contributed by atoms with E-state index < -0.39 is 19.9 Å². The van der Waals surface area contributed by atoms with Crippen LogP contribution in [0.2, 0.25) is 0 Å². The van der Waals surface area contributed by atoms with Crippen molar-refractivity contribution >= 4 is 19.9 Å². The molecule has 16 heavy (non-hydrogen) atoms. The number of sulfone groups is 1. The Morgan fingerprint density at radius 3 is 2.25 bits per heavy atom. The van der Waals surface area contributed by atoms with Crippen LogP contribution in [0.15, 0.2) is 0 Å². The third-order valence-electron chi connectivity index (χ3n) is 2.59. The van der Waals surface area contributed by atoms with E-state index in [4.69, 9.17) is 0 Å². The first-order chi connectivity index (χ1) is 7.12. The average molecular weight is 269 g/mol. The number of nitrogens with zero attached hydrogens (tertiary/aromatic N) is 1. The lowest BCUT2D eigenvalue weighted by Gasteiger charge is -2.27. The van der Waals surface area contributed by atoms with Gasteiger partial charge in [0.1, 0.15) is 0 Å². The first-order valence-electron chi connectivity index (χ1n) is 5.29. The van der Waals surface area contributed by atoms with Crippen molar-refractivity contribution in [3.05, 3.63) is 0 Å². The van der Waals surface area contributed by atoms with Crippen LogP contribution in [0.1, 0.15) is 20.3 Å². The third-order valence-corrected chi connectivity index (χ3v) is 5.64. The van der Waals surface area contributed by atoms with Gasteiger partial charge in [-0.2, -0.15) is 4.31 Å². The molecule has 0 aromatic heterocycles. The Morgan fingerprint density at radius 2 is 1.94 bits per heavy atom. The van der Waals surface area contributed by atoms with Crippen molar-refractivity contribution in [2.45, 2.75) is 26.3 Å². The molecule has 1 fully saturated rings. The van der Waals surface area contributed by atoms with Crippen LogP contribution in [0.25, 0.3) is 0 Å². The Hall–Kier alpha value is -0.140. The zero-order valence-electron chi connectivity index (χ0n) is 9.88. The summed E-state index contributed by atoms with van der Waals surface area (Å²) in [5.41, 5.74) is 0. The molecule has 96 valence electrons. The van der Waals surface area contributed by atoms with Gasteiger partial charge in [0.2, 0.25) is 10.0 Å². The van der Waals surface area contributed by atoms with E-state index in [0.717, 1.165) is 6.26 Å². The Bertz CT molecular complexity index is 438. The van der Waals surface area contributed by atoms with Gasteiger partial charge in [0.15, 0.2) is 9.84 Å². The van der Waals surface area contributed by atoms with Gasteiger partial charge < -0.3 is 0 Å². The summed E-state index contributed by atoms with van der Waals surface area (Å²) in [5, 5.41) is 0. The molecular weight excluding hydrogens is 250 g/mol. The van der Waals surface area contributed by atoms with Gasteiger partial charge in [-0.25, -0.2) is 16.8 Å². The summed E-state index contributed by atoms with van der Waals surface area (Å²) in [6.45, 7) is 4.22. The number of hydrogen-bond acceptors (Lipinski definition) is 4. The fraction of sp³-hybridized carbons (Fsp3) is 1.00. The summed E-state index contributed by atoms with van der Waals surface area (Å²) < 4.78 is 47.2. The second kappa shape index (κ2) is 4.62. The van der Waals surface area contributed by atoms with Crippen LogP contribution in [-0.4, -0.2) is 51.5 Å². The van der Waals surface area contributed by atoms with Gasteiger partial charge in [-0.1, -0.05) is 13.8 Å². The van der Waals surface area contributed by atoms with Crippen LogP contribution in [0, 0.1) is 5.92 Å². The van der Waals surface area contributed by atoms with E-state index in [1.54, 1.807) is 0 Å². The Morgan fingerprint density at radius 1 is 1.38 bits per heavy atom. The van der Waals surface area contributed by atoms with Crippen LogP contribution >= 0.6 is 0 Å². The average Bonchev–Trinajstić information content (AvgIpc) is 2.39. The molecule has 0 bridgehead atoms. The normalized spacial score (nSPS) is 25.4. The van der Waals surface area contributed by atoms with Crippen LogP contribution in [-0.2, 0) is 19.9 Å². The van der Waals surface area contributed by atoms with Gasteiger partial charge >= 0.3 is 0 Å². The topological polar surface area (TPSA) is 71.5 Å². The van der Waals surface area contributed by atoms with E-state index in [2.05, 4.69) is 0 Å². The minimum atomic E-state index is -3.32. The summed E-state index contributed by atoms with van der Waals surface area (Å²) >= 11 is 0. The molecule has 0 N–H and O–H groups in total. The molecule has 0 aromatic carbocycles. The van der Waals surface area contributed by atoms with Crippen molar-refractivity contribution in [1.29, 1.82) is 0 Å². The van der Waals surface area contributed by atoms with E-state index >= 15 is 0 Å². The maximum Gasteiger partial charge on any atom is 0.211 e. The van der Waals surface area contributed by atoms with Crippen LogP contribution < -0.4 is 0 Å². The van der Waals surface area contributed by atoms with E-state index in [-0.39, 0.29) is 23.5 Å². The smallest absolute Gasteiger partial charge is 0.211 e. The molecule has 7 heteroatoms. The molecule has 1 aliphatic rings. The van der Waals surface area contributed by atoms with Gasteiger partial charge in [-0.05, 0) is 12.3 Å². The summed E-state index contributed by atoms with van der Waals surface area (Å²) in [7, 11) is -6.37. The molecule has 0 spiro atoms. The molecular formula is C9H19NO4S2. The van der Waals surface area contributed by atoms with Gasteiger partial charge in [-0.15, -0.1) is 0 Å².